The Bertz CT molecular complexity index is 1110. The Balaban J connectivity index is 1.73. The predicted molar refractivity (Wildman–Crippen MR) is 118 cm³/mol. The first-order chi connectivity index (χ1) is 15.3. The molecule has 0 aliphatic rings. The molecule has 0 atom stereocenters. The lowest BCUT2D eigenvalue weighted by molar-refractivity contribution is -0.137. The number of benzene rings is 2. The Hall–Kier alpha value is -3.81. The third kappa shape index (κ3) is 5.87. The normalized spacial score (nSPS) is 11.0. The highest BCUT2D eigenvalue weighted by Crippen LogP contribution is 2.31. The summed E-state index contributed by atoms with van der Waals surface area (Å²) in [6, 6.07) is 14.9. The smallest absolute Gasteiger partial charge is 0.416 e. The summed E-state index contributed by atoms with van der Waals surface area (Å²) in [6.07, 6.45) is -2.85. The van der Waals surface area contributed by atoms with Crippen LogP contribution in [0, 0.1) is 0 Å². The Morgan fingerprint density at radius 2 is 1.88 bits per heavy atom. The first-order valence-electron chi connectivity index (χ1n) is 9.86. The number of ether oxygens (including phenoxy) is 1. The SMILES string of the molecule is C=C(OCC)c1cc(CNc2ccccc2C(=O)Nc2cccc(C(F)(F)F)c2)ccn1. The number of carbonyl (C=O) groups excluding carboxylic acids is 1. The molecular formula is C24H22F3N3O2. The maximum absolute atomic E-state index is 12.9. The summed E-state index contributed by atoms with van der Waals surface area (Å²) < 4.78 is 44.2. The molecule has 2 N–H and O–H groups in total. The van der Waals surface area contributed by atoms with Crippen LogP contribution in [0.3, 0.4) is 0 Å². The second-order valence-electron chi connectivity index (χ2n) is 6.84. The topological polar surface area (TPSA) is 63.2 Å². The summed E-state index contributed by atoms with van der Waals surface area (Å²) in [6.45, 7) is 6.58. The van der Waals surface area contributed by atoms with Crippen LogP contribution in [-0.2, 0) is 17.5 Å². The molecule has 3 aromatic rings. The minimum Gasteiger partial charge on any atom is -0.492 e. The van der Waals surface area contributed by atoms with E-state index < -0.39 is 17.6 Å². The van der Waals surface area contributed by atoms with Crippen molar-refractivity contribution in [3.05, 3.63) is 95.8 Å². The van der Waals surface area contributed by atoms with Crippen molar-refractivity contribution in [2.75, 3.05) is 17.2 Å². The average Bonchev–Trinajstić information content (AvgIpc) is 2.78. The van der Waals surface area contributed by atoms with Crippen LogP contribution in [0.25, 0.3) is 5.76 Å². The fraction of sp³-hybridized carbons (Fsp3) is 0.167. The van der Waals surface area contributed by atoms with Gasteiger partial charge in [-0.15, -0.1) is 0 Å². The second kappa shape index (κ2) is 10.00. The van der Waals surface area contributed by atoms with Gasteiger partial charge in [0.1, 0.15) is 11.5 Å². The minimum absolute atomic E-state index is 0.0628. The van der Waals surface area contributed by atoms with Gasteiger partial charge in [-0.05, 0) is 55.0 Å². The highest BCUT2D eigenvalue weighted by molar-refractivity contribution is 6.08. The molecule has 8 heteroatoms. The van der Waals surface area contributed by atoms with Crippen LogP contribution < -0.4 is 10.6 Å². The minimum atomic E-state index is -4.49. The number of alkyl halides is 3. The van der Waals surface area contributed by atoms with E-state index in [1.807, 2.05) is 19.1 Å². The fourth-order valence-corrected chi connectivity index (χ4v) is 2.99. The van der Waals surface area contributed by atoms with E-state index >= 15 is 0 Å². The molecule has 2 aromatic carbocycles. The van der Waals surface area contributed by atoms with Crippen molar-refractivity contribution < 1.29 is 22.7 Å². The number of nitrogens with zero attached hydrogens (tertiary/aromatic N) is 1. The number of aromatic nitrogens is 1. The third-order valence-electron chi connectivity index (χ3n) is 4.53. The van der Waals surface area contributed by atoms with Crippen LogP contribution in [0.2, 0.25) is 0 Å². The second-order valence-corrected chi connectivity index (χ2v) is 6.84. The lowest BCUT2D eigenvalue weighted by Gasteiger charge is -2.14. The van der Waals surface area contributed by atoms with Gasteiger partial charge in [0.2, 0.25) is 0 Å². The van der Waals surface area contributed by atoms with Crippen molar-refractivity contribution >= 4 is 23.0 Å². The largest absolute Gasteiger partial charge is 0.492 e. The highest BCUT2D eigenvalue weighted by atomic mass is 19.4. The van der Waals surface area contributed by atoms with Crippen molar-refractivity contribution in [1.29, 1.82) is 0 Å². The summed E-state index contributed by atoms with van der Waals surface area (Å²) in [4.78, 5) is 17.0. The van der Waals surface area contributed by atoms with Gasteiger partial charge in [0.25, 0.3) is 5.91 Å². The van der Waals surface area contributed by atoms with Crippen molar-refractivity contribution in [1.82, 2.24) is 4.98 Å². The number of nitrogens with one attached hydrogen (secondary N) is 2. The van der Waals surface area contributed by atoms with Gasteiger partial charge in [0, 0.05) is 24.1 Å². The quantitative estimate of drug-likeness (QED) is 0.423. The maximum Gasteiger partial charge on any atom is 0.416 e. The molecule has 0 saturated heterocycles. The molecular weight excluding hydrogens is 419 g/mol. The number of hydrogen-bond acceptors (Lipinski definition) is 4. The summed E-state index contributed by atoms with van der Waals surface area (Å²) in [5, 5.41) is 5.72. The van der Waals surface area contributed by atoms with Crippen molar-refractivity contribution in [2.45, 2.75) is 19.6 Å². The molecule has 0 spiro atoms. The van der Waals surface area contributed by atoms with Gasteiger partial charge in [-0.3, -0.25) is 9.78 Å². The third-order valence-corrected chi connectivity index (χ3v) is 4.53. The van der Waals surface area contributed by atoms with Crippen LogP contribution >= 0.6 is 0 Å². The maximum atomic E-state index is 12.9. The molecule has 1 aromatic heterocycles. The van der Waals surface area contributed by atoms with Gasteiger partial charge in [-0.1, -0.05) is 24.8 Å². The lowest BCUT2D eigenvalue weighted by Crippen LogP contribution is -2.15. The Morgan fingerprint density at radius 3 is 2.62 bits per heavy atom. The zero-order valence-electron chi connectivity index (χ0n) is 17.4. The molecule has 0 fully saturated rings. The van der Waals surface area contributed by atoms with Crippen molar-refractivity contribution in [3.63, 3.8) is 0 Å². The van der Waals surface area contributed by atoms with Gasteiger partial charge in [0.05, 0.1) is 17.7 Å². The van der Waals surface area contributed by atoms with E-state index in [0.29, 0.717) is 35.9 Å². The van der Waals surface area contributed by atoms with Gasteiger partial charge < -0.3 is 15.4 Å². The molecule has 0 saturated carbocycles. The van der Waals surface area contributed by atoms with E-state index in [2.05, 4.69) is 22.2 Å². The van der Waals surface area contributed by atoms with Gasteiger partial charge in [-0.2, -0.15) is 13.2 Å². The lowest BCUT2D eigenvalue weighted by atomic mass is 10.1. The first kappa shape index (κ1) is 22.9. The Morgan fingerprint density at radius 1 is 1.09 bits per heavy atom. The summed E-state index contributed by atoms with van der Waals surface area (Å²) >= 11 is 0. The number of anilines is 2. The number of carbonyl (C=O) groups is 1. The molecule has 1 amide bonds. The monoisotopic (exact) mass is 441 g/mol. The predicted octanol–water partition coefficient (Wildman–Crippen LogP) is 5.97. The molecule has 5 nitrogen and oxygen atoms in total. The number of halogens is 3. The summed E-state index contributed by atoms with van der Waals surface area (Å²) in [7, 11) is 0. The molecule has 0 bridgehead atoms. The van der Waals surface area contributed by atoms with Gasteiger partial charge in [0.15, 0.2) is 0 Å². The zero-order valence-corrected chi connectivity index (χ0v) is 17.4. The van der Waals surface area contributed by atoms with Crippen LogP contribution in [-0.4, -0.2) is 17.5 Å². The zero-order chi connectivity index (χ0) is 23.1. The van der Waals surface area contributed by atoms with Gasteiger partial charge in [-0.25, -0.2) is 0 Å². The number of para-hydroxylation sites is 1. The number of hydrogen-bond donors (Lipinski definition) is 2. The molecule has 32 heavy (non-hydrogen) atoms. The molecule has 0 unspecified atom stereocenters. The standard InChI is InChI=1S/C24H22F3N3O2/c1-3-32-16(2)22-13-17(11-12-28-22)15-29-21-10-5-4-9-20(21)23(31)30-19-8-6-7-18(14-19)24(25,26)27/h4-14,29H,2-3,15H2,1H3,(H,30,31). The molecule has 0 radical (unpaired) electrons. The molecule has 1 heterocycles. The van der Waals surface area contributed by atoms with E-state index in [4.69, 9.17) is 4.74 Å². The fourth-order valence-electron chi connectivity index (χ4n) is 2.99. The van der Waals surface area contributed by atoms with Crippen LogP contribution in [0.1, 0.15) is 34.1 Å². The summed E-state index contributed by atoms with van der Waals surface area (Å²) in [5.74, 6) is -0.0530. The van der Waals surface area contributed by atoms with Gasteiger partial charge >= 0.3 is 6.18 Å². The van der Waals surface area contributed by atoms with Crippen LogP contribution in [0.4, 0.5) is 24.5 Å². The van der Waals surface area contributed by atoms with Crippen molar-refractivity contribution in [2.24, 2.45) is 0 Å². The van der Waals surface area contributed by atoms with E-state index in [-0.39, 0.29) is 5.69 Å². The number of rotatable bonds is 8. The first-order valence-corrected chi connectivity index (χ1v) is 9.86. The van der Waals surface area contributed by atoms with E-state index in [1.54, 1.807) is 30.5 Å². The van der Waals surface area contributed by atoms with E-state index in [0.717, 1.165) is 17.7 Å². The van der Waals surface area contributed by atoms with E-state index in [1.165, 1.54) is 12.1 Å². The summed E-state index contributed by atoms with van der Waals surface area (Å²) in [5.41, 5.74) is 1.58. The van der Waals surface area contributed by atoms with Crippen LogP contribution in [0.15, 0.2) is 73.4 Å². The molecule has 0 aliphatic heterocycles. The Kier molecular flexibility index (Phi) is 7.14. The number of pyridine rings is 1. The molecule has 0 aliphatic carbocycles. The van der Waals surface area contributed by atoms with E-state index in [9.17, 15) is 18.0 Å². The Labute approximate surface area is 184 Å². The average molecular weight is 441 g/mol. The van der Waals surface area contributed by atoms with Crippen LogP contribution in [0.5, 0.6) is 0 Å². The number of amides is 1. The molecule has 3 rings (SSSR count). The highest BCUT2D eigenvalue weighted by Gasteiger charge is 2.30. The van der Waals surface area contributed by atoms with Crippen molar-refractivity contribution in [3.8, 4) is 0 Å². The molecule has 166 valence electrons.